The van der Waals surface area contributed by atoms with Crippen LogP contribution >= 0.6 is 24.0 Å². The van der Waals surface area contributed by atoms with Gasteiger partial charge in [0.1, 0.15) is 0 Å². The largest absolute Gasteiger partial charge is 0.493 e. The van der Waals surface area contributed by atoms with Gasteiger partial charge in [-0.3, -0.25) is 4.21 Å². The van der Waals surface area contributed by atoms with Crippen LogP contribution in [0.5, 0.6) is 11.5 Å². The third-order valence-electron chi connectivity index (χ3n) is 3.16. The van der Waals surface area contributed by atoms with E-state index in [1.54, 1.807) is 14.2 Å². The first-order valence-electron chi connectivity index (χ1n) is 7.41. The maximum absolute atomic E-state index is 11.9. The third-order valence-corrected chi connectivity index (χ3v) is 5.10. The van der Waals surface area contributed by atoms with Crippen LogP contribution in [0, 0.1) is 0 Å². The molecule has 1 atom stereocenters. The van der Waals surface area contributed by atoms with Gasteiger partial charge in [-0.05, 0) is 38.5 Å². The predicted octanol–water partition coefficient (Wildman–Crippen LogP) is 2.27. The average Bonchev–Trinajstić information content (AvgIpc) is 2.51. The highest BCUT2D eigenvalue weighted by Crippen LogP contribution is 2.27. The van der Waals surface area contributed by atoms with Gasteiger partial charge >= 0.3 is 0 Å². The van der Waals surface area contributed by atoms with Crippen molar-refractivity contribution in [1.82, 2.24) is 5.32 Å². The SMILES string of the molecule is COc1ccc(CN=C(N)NCCS(=O)C(C)(C)C)cc1OC.I. The molecular weight excluding hydrogens is 441 g/mol. The zero-order valence-corrected chi connectivity index (χ0v) is 18.1. The summed E-state index contributed by atoms with van der Waals surface area (Å²) in [5, 5.41) is 2.99. The average molecular weight is 469 g/mol. The molecule has 1 unspecified atom stereocenters. The molecule has 1 rings (SSSR count). The molecular formula is C16H28IN3O3S. The molecule has 0 bridgehead atoms. The Bertz CT molecular complexity index is 574. The number of halogens is 1. The van der Waals surface area contributed by atoms with Gasteiger partial charge in [0.05, 0.1) is 20.8 Å². The van der Waals surface area contributed by atoms with E-state index < -0.39 is 10.8 Å². The zero-order chi connectivity index (χ0) is 17.5. The lowest BCUT2D eigenvalue weighted by molar-refractivity contribution is 0.354. The van der Waals surface area contributed by atoms with E-state index >= 15 is 0 Å². The summed E-state index contributed by atoms with van der Waals surface area (Å²) in [4.78, 5) is 4.27. The number of rotatable bonds is 7. The molecule has 3 N–H and O–H groups in total. The summed E-state index contributed by atoms with van der Waals surface area (Å²) in [6.07, 6.45) is 0. The maximum Gasteiger partial charge on any atom is 0.188 e. The summed E-state index contributed by atoms with van der Waals surface area (Å²) in [6.45, 7) is 6.83. The van der Waals surface area contributed by atoms with Crippen LogP contribution in [0.2, 0.25) is 0 Å². The molecule has 1 aromatic rings. The van der Waals surface area contributed by atoms with Gasteiger partial charge in [0, 0.05) is 27.8 Å². The molecule has 0 saturated carbocycles. The first-order valence-corrected chi connectivity index (χ1v) is 8.73. The van der Waals surface area contributed by atoms with E-state index in [-0.39, 0.29) is 28.7 Å². The van der Waals surface area contributed by atoms with Crippen molar-refractivity contribution in [3.8, 4) is 11.5 Å². The number of nitrogens with two attached hydrogens (primary N) is 1. The van der Waals surface area contributed by atoms with Crippen molar-refractivity contribution in [2.75, 3.05) is 26.5 Å². The Balaban J connectivity index is 0.00000529. The first-order chi connectivity index (χ1) is 10.8. The number of methoxy groups -OCH3 is 2. The molecule has 0 aliphatic rings. The van der Waals surface area contributed by atoms with Crippen molar-refractivity contribution >= 4 is 40.7 Å². The molecule has 6 nitrogen and oxygen atoms in total. The van der Waals surface area contributed by atoms with Crippen LogP contribution in [0.15, 0.2) is 23.2 Å². The summed E-state index contributed by atoms with van der Waals surface area (Å²) >= 11 is 0. The lowest BCUT2D eigenvalue weighted by Gasteiger charge is -2.17. The Morgan fingerprint density at radius 3 is 2.42 bits per heavy atom. The van der Waals surface area contributed by atoms with Crippen molar-refractivity contribution in [2.45, 2.75) is 32.1 Å². The molecule has 1 aromatic carbocycles. The fraction of sp³-hybridized carbons (Fsp3) is 0.562. The molecule has 24 heavy (non-hydrogen) atoms. The van der Waals surface area contributed by atoms with Gasteiger partial charge < -0.3 is 20.5 Å². The minimum Gasteiger partial charge on any atom is -0.493 e. The fourth-order valence-electron chi connectivity index (χ4n) is 1.79. The lowest BCUT2D eigenvalue weighted by Crippen LogP contribution is -2.36. The highest BCUT2D eigenvalue weighted by atomic mass is 127. The topological polar surface area (TPSA) is 85.9 Å². The van der Waals surface area contributed by atoms with Gasteiger partial charge in [-0.2, -0.15) is 0 Å². The van der Waals surface area contributed by atoms with Gasteiger partial charge in [-0.1, -0.05) is 6.07 Å². The highest BCUT2D eigenvalue weighted by molar-refractivity contribution is 14.0. The van der Waals surface area contributed by atoms with E-state index in [4.69, 9.17) is 15.2 Å². The van der Waals surface area contributed by atoms with Crippen LogP contribution in [0.25, 0.3) is 0 Å². The summed E-state index contributed by atoms with van der Waals surface area (Å²) in [5.74, 6) is 2.21. The second-order valence-corrected chi connectivity index (χ2v) is 8.30. The number of aliphatic imine (C=N–C) groups is 1. The van der Waals surface area contributed by atoms with Crippen molar-refractivity contribution < 1.29 is 13.7 Å². The van der Waals surface area contributed by atoms with Crippen LogP contribution in [-0.4, -0.2) is 41.4 Å². The number of hydrogen-bond acceptors (Lipinski definition) is 4. The van der Waals surface area contributed by atoms with Crippen molar-refractivity contribution in [1.29, 1.82) is 0 Å². The van der Waals surface area contributed by atoms with Crippen molar-refractivity contribution in [3.05, 3.63) is 23.8 Å². The summed E-state index contributed by atoms with van der Waals surface area (Å²) < 4.78 is 22.2. The number of ether oxygens (including phenoxy) is 2. The van der Waals surface area contributed by atoms with E-state index in [0.717, 1.165) is 5.56 Å². The number of nitrogens with one attached hydrogen (secondary N) is 1. The second kappa shape index (κ2) is 10.8. The standard InChI is InChI=1S/C16H27N3O3S.HI/c1-16(2,3)23(20)9-8-18-15(17)19-11-12-6-7-13(21-4)14(10-12)22-5;/h6-7,10H,8-9,11H2,1-5H3,(H3,17,18,19);1H. The minimum atomic E-state index is -0.905. The molecule has 0 aliphatic carbocycles. The van der Waals surface area contributed by atoms with E-state index in [0.29, 0.717) is 36.3 Å². The second-order valence-electron chi connectivity index (χ2n) is 5.98. The van der Waals surface area contributed by atoms with Gasteiger partial charge in [0.2, 0.25) is 0 Å². The van der Waals surface area contributed by atoms with Gasteiger partial charge in [-0.15, -0.1) is 24.0 Å². The van der Waals surface area contributed by atoms with E-state index in [1.807, 2.05) is 39.0 Å². The Kier molecular flexibility index (Phi) is 10.3. The van der Waals surface area contributed by atoms with Crippen molar-refractivity contribution in [3.63, 3.8) is 0 Å². The van der Waals surface area contributed by atoms with Gasteiger partial charge in [0.15, 0.2) is 17.5 Å². The lowest BCUT2D eigenvalue weighted by atomic mass is 10.2. The van der Waals surface area contributed by atoms with Gasteiger partial charge in [0.25, 0.3) is 0 Å². The Labute approximate surface area is 164 Å². The molecule has 0 aromatic heterocycles. The number of nitrogens with zero attached hydrogens (tertiary/aromatic N) is 1. The quantitative estimate of drug-likeness (QED) is 0.364. The molecule has 138 valence electrons. The molecule has 0 heterocycles. The predicted molar refractivity (Wildman–Crippen MR) is 111 cm³/mol. The molecule has 0 radical (unpaired) electrons. The van der Waals surface area contributed by atoms with E-state index in [9.17, 15) is 4.21 Å². The molecule has 0 saturated heterocycles. The third kappa shape index (κ3) is 7.69. The molecule has 8 heteroatoms. The summed E-state index contributed by atoms with van der Waals surface area (Å²) in [7, 11) is 2.28. The normalized spacial score (nSPS) is 13.0. The van der Waals surface area contributed by atoms with Crippen molar-refractivity contribution in [2.24, 2.45) is 10.7 Å². The number of hydrogen-bond donors (Lipinski definition) is 2. The Hall–Kier alpha value is -1.03. The highest BCUT2D eigenvalue weighted by Gasteiger charge is 2.18. The van der Waals surface area contributed by atoms with Crippen LogP contribution in [0.4, 0.5) is 0 Å². The summed E-state index contributed by atoms with van der Waals surface area (Å²) in [6, 6.07) is 5.61. The van der Waals surface area contributed by atoms with Crippen LogP contribution < -0.4 is 20.5 Å². The monoisotopic (exact) mass is 469 g/mol. The smallest absolute Gasteiger partial charge is 0.188 e. The van der Waals surface area contributed by atoms with Crippen LogP contribution in [0.1, 0.15) is 26.3 Å². The van der Waals surface area contributed by atoms with Crippen LogP contribution in [-0.2, 0) is 17.3 Å². The zero-order valence-electron chi connectivity index (χ0n) is 14.9. The van der Waals surface area contributed by atoms with E-state index in [1.165, 1.54) is 0 Å². The van der Waals surface area contributed by atoms with E-state index in [2.05, 4.69) is 10.3 Å². The Morgan fingerprint density at radius 1 is 1.25 bits per heavy atom. The molecule has 0 amide bonds. The molecule has 0 aliphatic heterocycles. The summed E-state index contributed by atoms with van der Waals surface area (Å²) in [5.41, 5.74) is 6.79. The molecule has 0 fully saturated rings. The fourth-order valence-corrected chi connectivity index (χ4v) is 2.69. The molecule has 0 spiro atoms. The number of benzene rings is 1. The first kappa shape index (κ1) is 23.0. The van der Waals surface area contributed by atoms with Gasteiger partial charge in [-0.25, -0.2) is 4.99 Å². The van der Waals surface area contributed by atoms with Crippen LogP contribution in [0.3, 0.4) is 0 Å². The maximum atomic E-state index is 11.9. The minimum absolute atomic E-state index is 0. The number of guanidine groups is 1. The Morgan fingerprint density at radius 2 is 1.88 bits per heavy atom.